The van der Waals surface area contributed by atoms with Gasteiger partial charge < -0.3 is 20.5 Å². The third-order valence-electron chi connectivity index (χ3n) is 4.32. The highest BCUT2D eigenvalue weighted by Gasteiger charge is 2.22. The summed E-state index contributed by atoms with van der Waals surface area (Å²) < 4.78 is 13.1. The molecular weight excluding hydrogens is 416 g/mol. The second-order valence-electron chi connectivity index (χ2n) is 6.80. The van der Waals surface area contributed by atoms with Crippen LogP contribution in [0.5, 0.6) is 0 Å². The van der Waals surface area contributed by atoms with Gasteiger partial charge in [-0.25, -0.2) is 19.0 Å². The maximum Gasteiger partial charge on any atom is 0.343 e. The first-order valence-corrected chi connectivity index (χ1v) is 10.7. The standard InChI is InChI=1S/C11H17N3O3.C10H17N3O2/c1-4-6-14-10(12-7-15)9(8(3)13-14)11(16)17-5-2;1-4-6-13-9(11)8(7(3)12-13)10(14)15-5-2/h7H,4-6H2,1-3H3,(H,12,15);4-6,11H2,1-3H3. The lowest BCUT2D eigenvalue weighted by Crippen LogP contribution is -2.11. The van der Waals surface area contributed by atoms with Crippen LogP contribution in [-0.4, -0.2) is 51.1 Å². The Morgan fingerprint density at radius 2 is 1.38 bits per heavy atom. The summed E-state index contributed by atoms with van der Waals surface area (Å²) in [6.45, 7) is 13.0. The highest BCUT2D eigenvalue weighted by molar-refractivity contribution is 5.98. The number of carbonyl (C=O) groups is 3. The van der Waals surface area contributed by atoms with Crippen molar-refractivity contribution in [2.24, 2.45) is 0 Å². The smallest absolute Gasteiger partial charge is 0.343 e. The summed E-state index contributed by atoms with van der Waals surface area (Å²) in [5.41, 5.74) is 7.72. The molecule has 0 fully saturated rings. The molecule has 0 aromatic carbocycles. The lowest BCUT2D eigenvalue weighted by molar-refractivity contribution is -0.105. The average molecular weight is 451 g/mol. The Labute approximate surface area is 188 Å². The number of aromatic nitrogens is 4. The predicted molar refractivity (Wildman–Crippen MR) is 121 cm³/mol. The third kappa shape index (κ3) is 6.56. The normalized spacial score (nSPS) is 10.2. The van der Waals surface area contributed by atoms with Gasteiger partial charge in [0.1, 0.15) is 22.8 Å². The van der Waals surface area contributed by atoms with E-state index in [0.717, 1.165) is 12.8 Å². The molecule has 32 heavy (non-hydrogen) atoms. The van der Waals surface area contributed by atoms with Crippen molar-refractivity contribution in [2.75, 3.05) is 24.3 Å². The highest BCUT2D eigenvalue weighted by atomic mass is 16.5. The van der Waals surface area contributed by atoms with Gasteiger partial charge in [0, 0.05) is 13.1 Å². The van der Waals surface area contributed by atoms with Crippen molar-refractivity contribution in [1.82, 2.24) is 19.6 Å². The molecule has 11 nitrogen and oxygen atoms in total. The average Bonchev–Trinajstić information content (AvgIpc) is 3.19. The maximum absolute atomic E-state index is 11.7. The number of ether oxygens (including phenoxy) is 2. The number of nitrogens with one attached hydrogen (secondary N) is 1. The predicted octanol–water partition coefficient (Wildman–Crippen LogP) is 2.71. The van der Waals surface area contributed by atoms with Gasteiger partial charge in [-0.15, -0.1) is 0 Å². The summed E-state index contributed by atoms with van der Waals surface area (Å²) in [7, 11) is 0. The number of anilines is 2. The molecule has 11 heteroatoms. The van der Waals surface area contributed by atoms with Crippen LogP contribution in [0.2, 0.25) is 0 Å². The Hall–Kier alpha value is -3.37. The van der Waals surface area contributed by atoms with Crippen molar-refractivity contribution >= 4 is 30.0 Å². The van der Waals surface area contributed by atoms with Crippen LogP contribution in [0.25, 0.3) is 0 Å². The SMILES string of the molecule is CCCn1nc(C)c(C(=O)OCC)c1N.CCCn1nc(C)c(C(=O)OCC)c1NC=O. The van der Waals surface area contributed by atoms with Gasteiger partial charge in [0.15, 0.2) is 0 Å². The number of hydrogen-bond donors (Lipinski definition) is 2. The van der Waals surface area contributed by atoms with Gasteiger partial charge in [-0.1, -0.05) is 13.8 Å². The first kappa shape index (κ1) is 26.7. The van der Waals surface area contributed by atoms with Crippen LogP contribution in [0, 0.1) is 13.8 Å². The Morgan fingerprint density at radius 1 is 0.906 bits per heavy atom. The molecule has 2 aromatic heterocycles. The summed E-state index contributed by atoms with van der Waals surface area (Å²) in [5.74, 6) is -0.0582. The van der Waals surface area contributed by atoms with E-state index >= 15 is 0 Å². The Bertz CT molecular complexity index is 918. The van der Waals surface area contributed by atoms with Gasteiger partial charge in [-0.05, 0) is 40.5 Å². The molecule has 0 spiro atoms. The fourth-order valence-electron chi connectivity index (χ4n) is 3.04. The molecule has 0 bridgehead atoms. The first-order valence-electron chi connectivity index (χ1n) is 10.7. The number of nitrogens with zero attached hydrogens (tertiary/aromatic N) is 4. The van der Waals surface area contributed by atoms with Crippen molar-refractivity contribution in [3.8, 4) is 0 Å². The minimum atomic E-state index is -0.461. The van der Waals surface area contributed by atoms with Crippen molar-refractivity contribution in [3.63, 3.8) is 0 Å². The van der Waals surface area contributed by atoms with E-state index in [9.17, 15) is 14.4 Å². The molecule has 0 aliphatic heterocycles. The van der Waals surface area contributed by atoms with Gasteiger partial charge in [0.05, 0.1) is 24.6 Å². The third-order valence-corrected chi connectivity index (χ3v) is 4.32. The topological polar surface area (TPSA) is 143 Å². The van der Waals surface area contributed by atoms with Gasteiger partial charge >= 0.3 is 11.9 Å². The van der Waals surface area contributed by atoms with E-state index in [4.69, 9.17) is 15.2 Å². The molecule has 2 rings (SSSR count). The van der Waals surface area contributed by atoms with Crippen LogP contribution < -0.4 is 11.1 Å². The highest BCUT2D eigenvalue weighted by Crippen LogP contribution is 2.21. The van der Waals surface area contributed by atoms with E-state index in [0.29, 0.717) is 60.3 Å². The summed E-state index contributed by atoms with van der Waals surface area (Å²) in [4.78, 5) is 33.9. The zero-order valence-corrected chi connectivity index (χ0v) is 19.7. The Balaban J connectivity index is 0.000000323. The molecule has 0 aliphatic rings. The number of amides is 1. The molecule has 1 amide bonds. The second-order valence-corrected chi connectivity index (χ2v) is 6.80. The monoisotopic (exact) mass is 450 g/mol. The number of aryl methyl sites for hydroxylation is 4. The molecule has 2 heterocycles. The van der Waals surface area contributed by atoms with Crippen LogP contribution in [0.1, 0.15) is 72.6 Å². The zero-order valence-electron chi connectivity index (χ0n) is 19.7. The minimum Gasteiger partial charge on any atom is -0.462 e. The van der Waals surface area contributed by atoms with Gasteiger partial charge in [-0.3, -0.25) is 4.79 Å². The van der Waals surface area contributed by atoms with Crippen LogP contribution in [0.3, 0.4) is 0 Å². The lowest BCUT2D eigenvalue weighted by atomic mass is 10.2. The number of hydrogen-bond acceptors (Lipinski definition) is 8. The summed E-state index contributed by atoms with van der Waals surface area (Å²) >= 11 is 0. The van der Waals surface area contributed by atoms with E-state index in [2.05, 4.69) is 15.5 Å². The first-order chi connectivity index (χ1) is 15.3. The van der Waals surface area contributed by atoms with Crippen LogP contribution >= 0.6 is 0 Å². The fraction of sp³-hybridized carbons (Fsp3) is 0.571. The van der Waals surface area contributed by atoms with Gasteiger partial charge in [0.25, 0.3) is 0 Å². The van der Waals surface area contributed by atoms with Crippen molar-refractivity contribution in [1.29, 1.82) is 0 Å². The largest absolute Gasteiger partial charge is 0.462 e. The van der Waals surface area contributed by atoms with Crippen molar-refractivity contribution in [3.05, 3.63) is 22.5 Å². The Morgan fingerprint density at radius 3 is 1.88 bits per heavy atom. The summed E-state index contributed by atoms with van der Waals surface area (Å²) in [5, 5.41) is 10.9. The molecule has 0 atom stereocenters. The van der Waals surface area contributed by atoms with Gasteiger partial charge in [-0.2, -0.15) is 10.2 Å². The van der Waals surface area contributed by atoms with Gasteiger partial charge in [0.2, 0.25) is 6.41 Å². The number of esters is 2. The van der Waals surface area contributed by atoms with E-state index < -0.39 is 11.9 Å². The number of nitrogens with two attached hydrogens (primary N) is 1. The lowest BCUT2D eigenvalue weighted by Gasteiger charge is -2.06. The second kappa shape index (κ2) is 13.1. The fourth-order valence-corrected chi connectivity index (χ4v) is 3.04. The van der Waals surface area contributed by atoms with Crippen molar-refractivity contribution < 1.29 is 23.9 Å². The summed E-state index contributed by atoms with van der Waals surface area (Å²) in [6, 6.07) is 0. The molecule has 2 aromatic rings. The molecule has 0 saturated carbocycles. The molecular formula is C21H34N6O5. The quantitative estimate of drug-likeness (QED) is 0.415. The molecule has 178 valence electrons. The molecule has 3 N–H and O–H groups in total. The summed E-state index contributed by atoms with van der Waals surface area (Å²) in [6.07, 6.45) is 2.32. The van der Waals surface area contributed by atoms with E-state index in [1.54, 1.807) is 37.1 Å². The molecule has 0 radical (unpaired) electrons. The van der Waals surface area contributed by atoms with Crippen molar-refractivity contribution in [2.45, 2.75) is 67.5 Å². The van der Waals surface area contributed by atoms with E-state index in [-0.39, 0.29) is 6.61 Å². The van der Waals surface area contributed by atoms with E-state index in [1.165, 1.54) is 0 Å². The van der Waals surface area contributed by atoms with Crippen LogP contribution in [0.15, 0.2) is 0 Å². The van der Waals surface area contributed by atoms with E-state index in [1.807, 2.05) is 13.8 Å². The minimum absolute atomic E-state index is 0.289. The Kier molecular flexibility index (Phi) is 10.9. The number of carbonyl (C=O) groups excluding carboxylic acids is 3. The van der Waals surface area contributed by atoms with Crippen LogP contribution in [0.4, 0.5) is 11.6 Å². The molecule has 0 aliphatic carbocycles. The van der Waals surface area contributed by atoms with Crippen LogP contribution in [-0.2, 0) is 27.4 Å². The number of rotatable bonds is 10. The maximum atomic E-state index is 11.7. The molecule has 0 saturated heterocycles. The molecule has 0 unspecified atom stereocenters. The number of nitrogen functional groups attached to an aromatic ring is 1. The zero-order chi connectivity index (χ0) is 24.3.